The van der Waals surface area contributed by atoms with Crippen molar-refractivity contribution in [2.45, 2.75) is 84.8 Å². The van der Waals surface area contributed by atoms with Crippen LogP contribution in [0.1, 0.15) is 48.5 Å². The molecule has 1 aliphatic heterocycles. The second-order valence-electron chi connectivity index (χ2n) is 9.34. The van der Waals surface area contributed by atoms with Gasteiger partial charge in [0, 0.05) is 39.4 Å². The third-order valence-corrected chi connectivity index (χ3v) is 4.68. The topological polar surface area (TPSA) is 162 Å². The van der Waals surface area contributed by atoms with E-state index in [0.29, 0.717) is 5.69 Å². The van der Waals surface area contributed by atoms with Crippen LogP contribution in [0.3, 0.4) is 0 Å². The van der Waals surface area contributed by atoms with Crippen molar-refractivity contribution in [3.8, 4) is 5.75 Å². The van der Waals surface area contributed by atoms with Gasteiger partial charge in [-0.2, -0.15) is 0 Å². The highest BCUT2D eigenvalue weighted by Crippen LogP contribution is 2.31. The molecule has 0 aliphatic carbocycles. The molecule has 0 spiro atoms. The molecule has 1 N–H and O–H groups in total. The molecule has 38 heavy (non-hydrogen) atoms. The predicted molar refractivity (Wildman–Crippen MR) is 129 cm³/mol. The lowest BCUT2D eigenvalue weighted by atomic mass is 9.98. The lowest BCUT2D eigenvalue weighted by molar-refractivity contribution is -0.288. The smallest absolute Gasteiger partial charge is 0.412 e. The van der Waals surface area contributed by atoms with Crippen molar-refractivity contribution in [1.29, 1.82) is 0 Å². The van der Waals surface area contributed by atoms with Crippen LogP contribution in [0.4, 0.5) is 10.5 Å². The van der Waals surface area contributed by atoms with E-state index in [4.69, 9.17) is 33.2 Å². The molecule has 0 saturated carbocycles. The average Bonchev–Trinajstić information content (AvgIpc) is 2.74. The number of esters is 4. The number of nitrogens with one attached hydrogen (secondary N) is 1. The number of carbonyl (C=O) groups excluding carboxylic acids is 5. The number of rotatable bonds is 8. The minimum absolute atomic E-state index is 0.166. The molecule has 1 aromatic rings. The molecule has 1 heterocycles. The first-order valence-corrected chi connectivity index (χ1v) is 11.7. The summed E-state index contributed by atoms with van der Waals surface area (Å²) in [6.07, 6.45) is -7.33. The molecule has 210 valence electrons. The lowest BCUT2D eigenvalue weighted by Gasteiger charge is -2.43. The Morgan fingerprint density at radius 2 is 1.42 bits per heavy atom. The van der Waals surface area contributed by atoms with Crippen LogP contribution in [0.25, 0.3) is 0 Å². The molecule has 1 amide bonds. The van der Waals surface area contributed by atoms with E-state index in [1.165, 1.54) is 19.1 Å². The molecule has 1 aliphatic rings. The molecule has 0 radical (unpaired) electrons. The standard InChI is InChI=1S/C25H33NO12/c1-13(27)32-12-19-20(33-14(2)28)21(34-15(3)29)22(35-16(4)30)23(37-19)36-18-10-8-9-17(11-18)26-24(31)38-25(5,6)7/h8-11,19-23H,12H2,1-7H3,(H,26,31)/t19-,20+,21+,22-,23-/m1/s1. The number of hydrogen-bond donors (Lipinski definition) is 1. The van der Waals surface area contributed by atoms with E-state index in [1.54, 1.807) is 32.9 Å². The van der Waals surface area contributed by atoms with E-state index >= 15 is 0 Å². The normalized spacial score (nSPS) is 22.9. The number of ether oxygens (including phenoxy) is 7. The van der Waals surface area contributed by atoms with Gasteiger partial charge in [0.25, 0.3) is 0 Å². The van der Waals surface area contributed by atoms with Gasteiger partial charge in [0.05, 0.1) is 0 Å². The zero-order valence-electron chi connectivity index (χ0n) is 22.3. The van der Waals surface area contributed by atoms with Gasteiger partial charge in [0.2, 0.25) is 12.4 Å². The summed E-state index contributed by atoms with van der Waals surface area (Å²) in [4.78, 5) is 59.3. The summed E-state index contributed by atoms with van der Waals surface area (Å²) in [5, 5.41) is 2.57. The van der Waals surface area contributed by atoms with Crippen molar-refractivity contribution >= 4 is 35.7 Å². The maximum absolute atomic E-state index is 12.2. The van der Waals surface area contributed by atoms with Gasteiger partial charge >= 0.3 is 30.0 Å². The van der Waals surface area contributed by atoms with Crippen LogP contribution in [0.2, 0.25) is 0 Å². The van der Waals surface area contributed by atoms with Gasteiger partial charge in [0.1, 0.15) is 24.1 Å². The summed E-state index contributed by atoms with van der Waals surface area (Å²) in [7, 11) is 0. The fraction of sp³-hybridized carbons (Fsp3) is 0.560. The Kier molecular flexibility index (Phi) is 10.5. The van der Waals surface area contributed by atoms with E-state index in [1.807, 2.05) is 0 Å². The molecule has 2 rings (SSSR count). The van der Waals surface area contributed by atoms with Gasteiger partial charge in [-0.1, -0.05) is 6.07 Å². The van der Waals surface area contributed by atoms with Crippen LogP contribution in [0.15, 0.2) is 24.3 Å². The van der Waals surface area contributed by atoms with E-state index in [2.05, 4.69) is 5.32 Å². The zero-order chi connectivity index (χ0) is 28.6. The van der Waals surface area contributed by atoms with Crippen molar-refractivity contribution in [2.75, 3.05) is 11.9 Å². The van der Waals surface area contributed by atoms with Gasteiger partial charge < -0.3 is 33.2 Å². The van der Waals surface area contributed by atoms with E-state index < -0.39 is 72.9 Å². The third kappa shape index (κ3) is 9.88. The molecule has 13 nitrogen and oxygen atoms in total. The van der Waals surface area contributed by atoms with Crippen LogP contribution in [0.5, 0.6) is 5.75 Å². The monoisotopic (exact) mass is 539 g/mol. The van der Waals surface area contributed by atoms with Gasteiger partial charge in [0.15, 0.2) is 12.2 Å². The average molecular weight is 540 g/mol. The molecular formula is C25H33NO12. The molecule has 0 unspecified atom stereocenters. The summed E-state index contributed by atoms with van der Waals surface area (Å²) in [5.41, 5.74) is -0.394. The summed E-state index contributed by atoms with van der Waals surface area (Å²) < 4.78 is 38.2. The summed E-state index contributed by atoms with van der Waals surface area (Å²) in [5.74, 6) is -2.74. The van der Waals surface area contributed by atoms with Crippen LogP contribution >= 0.6 is 0 Å². The van der Waals surface area contributed by atoms with Gasteiger partial charge in [-0.15, -0.1) is 0 Å². The molecule has 13 heteroatoms. The van der Waals surface area contributed by atoms with Crippen molar-refractivity contribution < 1.29 is 57.1 Å². The fourth-order valence-electron chi connectivity index (χ4n) is 3.49. The SMILES string of the molecule is CC(=O)OC[C@H]1O[C@@H](Oc2cccc(NC(=O)OC(C)(C)C)c2)[C@H](OC(C)=O)[C@@H](OC(C)=O)[C@H]1OC(C)=O. The largest absolute Gasteiger partial charge is 0.463 e. The van der Waals surface area contributed by atoms with Crippen LogP contribution in [-0.4, -0.2) is 72.9 Å². The Balaban J connectivity index is 2.40. The lowest BCUT2D eigenvalue weighted by Crippen LogP contribution is -2.63. The van der Waals surface area contributed by atoms with E-state index in [9.17, 15) is 24.0 Å². The summed E-state index contributed by atoms with van der Waals surface area (Å²) in [6, 6.07) is 6.16. The highest BCUT2D eigenvalue weighted by Gasteiger charge is 2.53. The molecular weight excluding hydrogens is 506 g/mol. The minimum atomic E-state index is -1.41. The Hall–Kier alpha value is -3.87. The Bertz CT molecular complexity index is 1030. The maximum Gasteiger partial charge on any atom is 0.412 e. The first-order chi connectivity index (χ1) is 17.6. The molecule has 0 aromatic heterocycles. The number of anilines is 1. The Morgan fingerprint density at radius 1 is 0.842 bits per heavy atom. The second kappa shape index (κ2) is 13.1. The van der Waals surface area contributed by atoms with Crippen molar-refractivity contribution in [3.05, 3.63) is 24.3 Å². The molecule has 1 aromatic carbocycles. The van der Waals surface area contributed by atoms with Gasteiger partial charge in [-0.3, -0.25) is 24.5 Å². The first-order valence-electron chi connectivity index (χ1n) is 11.7. The zero-order valence-corrected chi connectivity index (χ0v) is 22.3. The summed E-state index contributed by atoms with van der Waals surface area (Å²) in [6.45, 7) is 9.31. The van der Waals surface area contributed by atoms with E-state index in [-0.39, 0.29) is 5.75 Å². The quantitative estimate of drug-likeness (QED) is 0.380. The third-order valence-electron chi connectivity index (χ3n) is 4.68. The van der Waals surface area contributed by atoms with Crippen molar-refractivity contribution in [3.63, 3.8) is 0 Å². The molecule has 1 fully saturated rings. The Labute approximate surface area is 220 Å². The minimum Gasteiger partial charge on any atom is -0.463 e. The summed E-state index contributed by atoms with van der Waals surface area (Å²) >= 11 is 0. The molecule has 1 saturated heterocycles. The van der Waals surface area contributed by atoms with Crippen LogP contribution in [-0.2, 0) is 47.6 Å². The van der Waals surface area contributed by atoms with Crippen molar-refractivity contribution in [1.82, 2.24) is 0 Å². The predicted octanol–water partition coefficient (Wildman–Crippen LogP) is 2.50. The fourth-order valence-corrected chi connectivity index (χ4v) is 3.49. The maximum atomic E-state index is 12.2. The van der Waals surface area contributed by atoms with Gasteiger partial charge in [-0.25, -0.2) is 4.79 Å². The Morgan fingerprint density at radius 3 is 1.97 bits per heavy atom. The van der Waals surface area contributed by atoms with Crippen LogP contribution in [0, 0.1) is 0 Å². The highest BCUT2D eigenvalue weighted by molar-refractivity contribution is 5.85. The molecule has 5 atom stereocenters. The number of amides is 1. The van der Waals surface area contributed by atoms with Gasteiger partial charge in [-0.05, 0) is 32.9 Å². The first kappa shape index (κ1) is 30.4. The second-order valence-corrected chi connectivity index (χ2v) is 9.34. The van der Waals surface area contributed by atoms with Crippen molar-refractivity contribution in [2.24, 2.45) is 0 Å². The van der Waals surface area contributed by atoms with E-state index in [0.717, 1.165) is 20.8 Å². The van der Waals surface area contributed by atoms with Crippen LogP contribution < -0.4 is 10.1 Å². The molecule has 0 bridgehead atoms. The number of benzene rings is 1. The number of carbonyl (C=O) groups is 5. The number of hydrogen-bond acceptors (Lipinski definition) is 12. The highest BCUT2D eigenvalue weighted by atomic mass is 16.7.